The van der Waals surface area contributed by atoms with Crippen LogP contribution in [0.15, 0.2) is 36.7 Å². The van der Waals surface area contributed by atoms with Gasteiger partial charge in [0.05, 0.1) is 17.1 Å². The fourth-order valence-corrected chi connectivity index (χ4v) is 3.20. The first-order valence-corrected chi connectivity index (χ1v) is 6.80. The summed E-state index contributed by atoms with van der Waals surface area (Å²) < 4.78 is 0. The maximum atomic E-state index is 11.6. The van der Waals surface area contributed by atoms with E-state index < -0.39 is 11.4 Å². The highest BCUT2D eigenvalue weighted by Crippen LogP contribution is 2.45. The number of carboxylic acid groups (broad SMARTS) is 1. The number of nitrogens with one attached hydrogen (secondary N) is 1. The maximum Gasteiger partial charge on any atom is 0.314 e. The molecule has 0 aliphatic heterocycles. The number of aromatic amines is 1. The van der Waals surface area contributed by atoms with Crippen molar-refractivity contribution in [3.05, 3.63) is 42.2 Å². The second kappa shape index (κ2) is 3.82. The zero-order valence-electron chi connectivity index (χ0n) is 10.9. The van der Waals surface area contributed by atoms with Gasteiger partial charge in [-0.05, 0) is 36.6 Å². The molecule has 4 nitrogen and oxygen atoms in total. The highest BCUT2D eigenvalue weighted by Gasteiger charge is 2.45. The minimum atomic E-state index is -0.704. The maximum absolute atomic E-state index is 11.6. The topological polar surface area (TPSA) is 66.0 Å². The van der Waals surface area contributed by atoms with Gasteiger partial charge < -0.3 is 10.1 Å². The van der Waals surface area contributed by atoms with Crippen molar-refractivity contribution in [1.82, 2.24) is 9.97 Å². The standard InChI is InChI=1S/C16H14N2O2/c19-15(20)16(5-1-6-16)10-2-3-13-12(8-10)11-4-7-17-9-14(11)18-13/h2-4,7-9,18H,1,5-6H2,(H,19,20). The number of carboxylic acids is 1. The van der Waals surface area contributed by atoms with Crippen molar-refractivity contribution in [3.8, 4) is 0 Å². The van der Waals surface area contributed by atoms with Crippen molar-refractivity contribution in [1.29, 1.82) is 0 Å². The van der Waals surface area contributed by atoms with Gasteiger partial charge in [0.1, 0.15) is 0 Å². The SMILES string of the molecule is O=C(O)C1(c2ccc3[nH]c4cnccc4c3c2)CCC1. The number of carbonyl (C=O) groups is 1. The summed E-state index contributed by atoms with van der Waals surface area (Å²) in [6.07, 6.45) is 6.02. The van der Waals surface area contributed by atoms with Gasteiger partial charge in [-0.2, -0.15) is 0 Å². The lowest BCUT2D eigenvalue weighted by atomic mass is 9.64. The number of aliphatic carboxylic acids is 1. The third kappa shape index (κ3) is 1.36. The van der Waals surface area contributed by atoms with E-state index in [0.29, 0.717) is 0 Å². The first-order chi connectivity index (χ1) is 9.71. The van der Waals surface area contributed by atoms with Crippen LogP contribution < -0.4 is 0 Å². The van der Waals surface area contributed by atoms with Crippen LogP contribution in [0.25, 0.3) is 21.8 Å². The first-order valence-electron chi connectivity index (χ1n) is 6.80. The zero-order chi connectivity index (χ0) is 13.7. The Bertz CT molecular complexity index is 831. The van der Waals surface area contributed by atoms with Crippen LogP contribution in [0.4, 0.5) is 0 Å². The third-order valence-corrected chi connectivity index (χ3v) is 4.57. The van der Waals surface area contributed by atoms with Gasteiger partial charge in [0.2, 0.25) is 0 Å². The molecule has 2 N–H and O–H groups in total. The number of pyridine rings is 1. The second-order valence-corrected chi connectivity index (χ2v) is 5.55. The van der Waals surface area contributed by atoms with Crippen molar-refractivity contribution < 1.29 is 9.90 Å². The minimum Gasteiger partial charge on any atom is -0.481 e. The van der Waals surface area contributed by atoms with Gasteiger partial charge in [-0.15, -0.1) is 0 Å². The summed E-state index contributed by atoms with van der Waals surface area (Å²) in [6, 6.07) is 7.92. The summed E-state index contributed by atoms with van der Waals surface area (Å²) in [5, 5.41) is 11.7. The molecule has 0 amide bonds. The number of fused-ring (bicyclic) bond motifs is 3. The van der Waals surface area contributed by atoms with Gasteiger partial charge >= 0.3 is 5.97 Å². The molecule has 1 aromatic carbocycles. The van der Waals surface area contributed by atoms with Crippen molar-refractivity contribution >= 4 is 27.8 Å². The molecule has 3 aromatic rings. The lowest BCUT2D eigenvalue weighted by Crippen LogP contribution is -2.42. The molecule has 20 heavy (non-hydrogen) atoms. The van der Waals surface area contributed by atoms with E-state index in [1.807, 2.05) is 24.3 Å². The number of H-pyrrole nitrogens is 1. The van der Waals surface area contributed by atoms with Crippen LogP contribution in [0.3, 0.4) is 0 Å². The summed E-state index contributed by atoms with van der Waals surface area (Å²) in [7, 11) is 0. The van der Waals surface area contributed by atoms with Crippen molar-refractivity contribution in [2.45, 2.75) is 24.7 Å². The van der Waals surface area contributed by atoms with Gasteiger partial charge in [-0.25, -0.2) is 0 Å². The van der Waals surface area contributed by atoms with Crippen LogP contribution in [0.2, 0.25) is 0 Å². The fourth-order valence-electron chi connectivity index (χ4n) is 3.20. The fraction of sp³-hybridized carbons (Fsp3) is 0.250. The summed E-state index contributed by atoms with van der Waals surface area (Å²) in [6.45, 7) is 0. The third-order valence-electron chi connectivity index (χ3n) is 4.57. The Labute approximate surface area is 115 Å². The Hall–Kier alpha value is -2.36. The molecular weight excluding hydrogens is 252 g/mol. The number of rotatable bonds is 2. The van der Waals surface area contributed by atoms with Crippen LogP contribution in [-0.4, -0.2) is 21.0 Å². The zero-order valence-corrected chi connectivity index (χ0v) is 10.9. The number of hydrogen-bond acceptors (Lipinski definition) is 2. The molecule has 0 unspecified atom stereocenters. The molecule has 1 saturated carbocycles. The largest absolute Gasteiger partial charge is 0.481 e. The van der Waals surface area contributed by atoms with Gasteiger partial charge in [0, 0.05) is 22.5 Å². The Balaban J connectivity index is 1.98. The number of aromatic nitrogens is 2. The highest BCUT2D eigenvalue weighted by atomic mass is 16.4. The van der Waals surface area contributed by atoms with E-state index in [1.54, 1.807) is 12.4 Å². The van der Waals surface area contributed by atoms with Crippen molar-refractivity contribution in [3.63, 3.8) is 0 Å². The van der Waals surface area contributed by atoms with E-state index in [1.165, 1.54) is 0 Å². The Morgan fingerprint density at radius 1 is 1.20 bits per heavy atom. The monoisotopic (exact) mass is 266 g/mol. The smallest absolute Gasteiger partial charge is 0.314 e. The molecule has 4 rings (SSSR count). The molecule has 0 bridgehead atoms. The molecule has 1 aliphatic rings. The van der Waals surface area contributed by atoms with Crippen LogP contribution >= 0.6 is 0 Å². The highest BCUT2D eigenvalue weighted by molar-refractivity contribution is 6.07. The molecule has 100 valence electrons. The van der Waals surface area contributed by atoms with Gasteiger partial charge in [0.25, 0.3) is 0 Å². The first kappa shape index (κ1) is 11.5. The van der Waals surface area contributed by atoms with Crippen LogP contribution in [0, 0.1) is 0 Å². The number of benzene rings is 1. The second-order valence-electron chi connectivity index (χ2n) is 5.55. The Kier molecular flexibility index (Phi) is 2.19. The Morgan fingerprint density at radius 2 is 2.05 bits per heavy atom. The van der Waals surface area contributed by atoms with E-state index >= 15 is 0 Å². The molecule has 4 heteroatoms. The lowest BCUT2D eigenvalue weighted by Gasteiger charge is -2.38. The molecule has 1 fully saturated rings. The number of hydrogen-bond donors (Lipinski definition) is 2. The molecule has 2 aromatic heterocycles. The van der Waals surface area contributed by atoms with Crippen LogP contribution in [0.5, 0.6) is 0 Å². The molecule has 0 atom stereocenters. The van der Waals surface area contributed by atoms with Crippen molar-refractivity contribution in [2.75, 3.05) is 0 Å². The van der Waals surface area contributed by atoms with E-state index in [4.69, 9.17) is 0 Å². The predicted molar refractivity (Wildman–Crippen MR) is 76.8 cm³/mol. The molecule has 0 spiro atoms. The summed E-state index contributed by atoms with van der Waals surface area (Å²) >= 11 is 0. The van der Waals surface area contributed by atoms with Crippen LogP contribution in [-0.2, 0) is 10.2 Å². The van der Waals surface area contributed by atoms with E-state index in [0.717, 1.165) is 46.6 Å². The average Bonchev–Trinajstić information content (AvgIpc) is 2.75. The average molecular weight is 266 g/mol. The molecule has 0 radical (unpaired) electrons. The number of nitrogens with zero attached hydrogens (tertiary/aromatic N) is 1. The van der Waals surface area contributed by atoms with E-state index in [9.17, 15) is 9.90 Å². The molecule has 1 aliphatic carbocycles. The van der Waals surface area contributed by atoms with E-state index in [2.05, 4.69) is 9.97 Å². The molecule has 2 heterocycles. The quantitative estimate of drug-likeness (QED) is 0.748. The van der Waals surface area contributed by atoms with Crippen molar-refractivity contribution in [2.24, 2.45) is 0 Å². The van der Waals surface area contributed by atoms with Crippen LogP contribution in [0.1, 0.15) is 24.8 Å². The lowest BCUT2D eigenvalue weighted by molar-refractivity contribution is -0.147. The molecular formula is C16H14N2O2. The minimum absolute atomic E-state index is 0.676. The summed E-state index contributed by atoms with van der Waals surface area (Å²) in [5.74, 6) is -0.704. The van der Waals surface area contributed by atoms with Gasteiger partial charge in [0.15, 0.2) is 0 Å². The predicted octanol–water partition coefficient (Wildman–Crippen LogP) is 3.22. The summed E-state index contributed by atoms with van der Waals surface area (Å²) in [4.78, 5) is 19.0. The Morgan fingerprint density at radius 3 is 2.75 bits per heavy atom. The normalized spacial score (nSPS) is 17.2. The van der Waals surface area contributed by atoms with E-state index in [-0.39, 0.29) is 0 Å². The summed E-state index contributed by atoms with van der Waals surface area (Å²) in [5.41, 5.74) is 2.25. The molecule has 0 saturated heterocycles. The van der Waals surface area contributed by atoms with Gasteiger partial charge in [-0.1, -0.05) is 12.5 Å². The van der Waals surface area contributed by atoms with Gasteiger partial charge in [-0.3, -0.25) is 9.78 Å².